The first-order chi connectivity index (χ1) is 15.4. The molecule has 3 aliphatic heterocycles. The molecule has 5 rings (SSSR count). The number of fused-ring (bicyclic) bond motifs is 1. The average molecular weight is 478 g/mol. The number of carboxylic acid groups (broad SMARTS) is 1. The van der Waals surface area contributed by atoms with Gasteiger partial charge < -0.3 is 14.9 Å². The quantitative estimate of drug-likeness (QED) is 0.725. The predicted octanol–water partition coefficient (Wildman–Crippen LogP) is 3.52. The Morgan fingerprint density at radius 3 is 2.34 bits per heavy atom. The summed E-state index contributed by atoms with van der Waals surface area (Å²) >= 11 is 12.3. The van der Waals surface area contributed by atoms with E-state index in [2.05, 4.69) is 27.0 Å². The van der Waals surface area contributed by atoms with Gasteiger partial charge in [0, 0.05) is 56.5 Å². The zero-order valence-electron chi connectivity index (χ0n) is 17.6. The van der Waals surface area contributed by atoms with Crippen LogP contribution in [0.1, 0.15) is 28.9 Å². The summed E-state index contributed by atoms with van der Waals surface area (Å²) in [7, 11) is 0. The van der Waals surface area contributed by atoms with Gasteiger partial charge in [-0.05, 0) is 48.4 Å². The van der Waals surface area contributed by atoms with Crippen molar-refractivity contribution in [2.24, 2.45) is 11.8 Å². The third-order valence-electron chi connectivity index (χ3n) is 6.72. The van der Waals surface area contributed by atoms with Crippen LogP contribution in [0, 0.1) is 11.8 Å². The first kappa shape index (κ1) is 21.6. The summed E-state index contributed by atoms with van der Waals surface area (Å²) in [5, 5.41) is 13.7. The molecule has 1 aromatic carbocycles. The molecular weight excluding hydrogens is 453 g/mol. The predicted molar refractivity (Wildman–Crippen MR) is 122 cm³/mol. The van der Waals surface area contributed by atoms with Gasteiger partial charge in [0.05, 0.1) is 11.2 Å². The number of rotatable bonds is 4. The minimum Gasteiger partial charge on any atom is -0.476 e. The fourth-order valence-electron chi connectivity index (χ4n) is 5.26. The van der Waals surface area contributed by atoms with E-state index in [1.807, 2.05) is 6.07 Å². The lowest BCUT2D eigenvalue weighted by molar-refractivity contribution is 0.0690. The molecule has 3 aliphatic rings. The standard InChI is InChI=1S/C22H25Cl2N5O3/c23-17-5-14(6-18(7-17)27-3-1-2-4-27)8-26-9-15-11-28(12-16(15)10-26)22(32)29-13-19(24)20(25-29)21(30)31/h5-7,13,15-16H,1-4,8-12H2,(H,30,31). The maximum Gasteiger partial charge on any atom is 0.357 e. The lowest BCUT2D eigenvalue weighted by Gasteiger charge is -2.23. The van der Waals surface area contributed by atoms with E-state index in [1.54, 1.807) is 4.90 Å². The molecule has 0 radical (unpaired) electrons. The zero-order valence-corrected chi connectivity index (χ0v) is 19.1. The van der Waals surface area contributed by atoms with Crippen LogP contribution in [-0.2, 0) is 6.54 Å². The van der Waals surface area contributed by atoms with Crippen molar-refractivity contribution >= 4 is 40.9 Å². The van der Waals surface area contributed by atoms with Crippen LogP contribution in [0.3, 0.4) is 0 Å². The van der Waals surface area contributed by atoms with E-state index in [4.69, 9.17) is 28.3 Å². The van der Waals surface area contributed by atoms with Crippen molar-refractivity contribution in [2.75, 3.05) is 44.2 Å². The summed E-state index contributed by atoms with van der Waals surface area (Å²) in [6.07, 6.45) is 3.73. The van der Waals surface area contributed by atoms with Gasteiger partial charge in [-0.2, -0.15) is 9.78 Å². The molecule has 2 atom stereocenters. The summed E-state index contributed by atoms with van der Waals surface area (Å²) in [6, 6.07) is 6.02. The number of likely N-dealkylation sites (tertiary alicyclic amines) is 2. The topological polar surface area (TPSA) is 81.9 Å². The number of benzene rings is 1. The number of hydrogen-bond acceptors (Lipinski definition) is 5. The highest BCUT2D eigenvalue weighted by Gasteiger charge is 2.42. The lowest BCUT2D eigenvalue weighted by atomic mass is 10.0. The van der Waals surface area contributed by atoms with Crippen molar-refractivity contribution in [3.63, 3.8) is 0 Å². The van der Waals surface area contributed by atoms with Crippen LogP contribution in [0.4, 0.5) is 10.5 Å². The van der Waals surface area contributed by atoms with Crippen LogP contribution in [-0.4, -0.2) is 76.0 Å². The number of anilines is 1. The van der Waals surface area contributed by atoms with Gasteiger partial charge in [-0.3, -0.25) is 4.90 Å². The van der Waals surface area contributed by atoms with E-state index in [9.17, 15) is 9.59 Å². The van der Waals surface area contributed by atoms with Crippen LogP contribution >= 0.6 is 23.2 Å². The number of carbonyl (C=O) groups excluding carboxylic acids is 1. The van der Waals surface area contributed by atoms with E-state index in [1.165, 1.54) is 30.3 Å². The highest BCUT2D eigenvalue weighted by atomic mass is 35.5. The molecule has 10 heteroatoms. The van der Waals surface area contributed by atoms with Gasteiger partial charge >= 0.3 is 12.0 Å². The molecular formula is C22H25Cl2N5O3. The van der Waals surface area contributed by atoms with Gasteiger partial charge in [0.1, 0.15) is 0 Å². The van der Waals surface area contributed by atoms with Crippen molar-refractivity contribution in [1.82, 2.24) is 19.6 Å². The summed E-state index contributed by atoms with van der Waals surface area (Å²) in [5.41, 5.74) is 2.12. The maximum absolute atomic E-state index is 12.8. The largest absolute Gasteiger partial charge is 0.476 e. The second-order valence-corrected chi connectivity index (χ2v) is 9.83. The van der Waals surface area contributed by atoms with Gasteiger partial charge in [-0.25, -0.2) is 9.59 Å². The molecule has 8 nitrogen and oxygen atoms in total. The molecule has 2 unspecified atom stereocenters. The molecule has 0 spiro atoms. The number of halogens is 2. The number of aromatic nitrogens is 2. The molecule has 1 N–H and O–H groups in total. The zero-order chi connectivity index (χ0) is 22.4. The monoisotopic (exact) mass is 477 g/mol. The third kappa shape index (κ3) is 4.19. The van der Waals surface area contributed by atoms with Crippen molar-refractivity contribution in [3.05, 3.63) is 45.7 Å². The first-order valence-electron chi connectivity index (χ1n) is 10.9. The van der Waals surface area contributed by atoms with Crippen molar-refractivity contribution in [2.45, 2.75) is 19.4 Å². The average Bonchev–Trinajstić information content (AvgIpc) is 3.50. The van der Waals surface area contributed by atoms with Crippen molar-refractivity contribution < 1.29 is 14.7 Å². The molecule has 0 bridgehead atoms. The molecule has 1 amide bonds. The third-order valence-corrected chi connectivity index (χ3v) is 7.22. The number of carboxylic acids is 1. The van der Waals surface area contributed by atoms with Crippen LogP contribution < -0.4 is 4.90 Å². The maximum atomic E-state index is 12.8. The molecule has 170 valence electrons. The Hall–Kier alpha value is -2.29. The Morgan fingerprint density at radius 2 is 1.72 bits per heavy atom. The fourth-order valence-corrected chi connectivity index (χ4v) is 5.72. The number of aromatic carboxylic acids is 1. The smallest absolute Gasteiger partial charge is 0.357 e. The second kappa shape index (κ2) is 8.57. The van der Waals surface area contributed by atoms with Crippen molar-refractivity contribution in [1.29, 1.82) is 0 Å². The molecule has 3 fully saturated rings. The Labute approximate surface area is 196 Å². The van der Waals surface area contributed by atoms with E-state index >= 15 is 0 Å². The van der Waals surface area contributed by atoms with Gasteiger partial charge in [0.2, 0.25) is 0 Å². The highest BCUT2D eigenvalue weighted by molar-refractivity contribution is 6.33. The molecule has 2 aromatic rings. The van der Waals surface area contributed by atoms with Crippen LogP contribution in [0.2, 0.25) is 10.0 Å². The Kier molecular flexibility index (Phi) is 5.77. The van der Waals surface area contributed by atoms with Gasteiger partial charge in [-0.15, -0.1) is 0 Å². The normalized spacial score (nSPS) is 23.2. The van der Waals surface area contributed by atoms with Gasteiger partial charge in [-0.1, -0.05) is 23.2 Å². The molecule has 4 heterocycles. The first-order valence-corrected chi connectivity index (χ1v) is 11.7. The molecule has 0 aliphatic carbocycles. The summed E-state index contributed by atoms with van der Waals surface area (Å²) in [4.78, 5) is 30.5. The molecule has 0 saturated carbocycles. The van der Waals surface area contributed by atoms with Gasteiger partial charge in [0.15, 0.2) is 5.69 Å². The molecule has 1 aromatic heterocycles. The molecule has 3 saturated heterocycles. The van der Waals surface area contributed by atoms with Gasteiger partial charge in [0.25, 0.3) is 0 Å². The summed E-state index contributed by atoms with van der Waals surface area (Å²) in [5.74, 6) is -0.466. The number of nitrogens with zero attached hydrogens (tertiary/aromatic N) is 5. The number of amides is 1. The number of carbonyl (C=O) groups is 2. The number of hydrogen-bond donors (Lipinski definition) is 1. The Balaban J connectivity index is 1.20. The van der Waals surface area contributed by atoms with Crippen molar-refractivity contribution in [3.8, 4) is 0 Å². The minimum atomic E-state index is -1.25. The van der Waals surface area contributed by atoms with E-state index < -0.39 is 5.97 Å². The van der Waals surface area contributed by atoms with E-state index in [0.29, 0.717) is 24.9 Å². The lowest BCUT2D eigenvalue weighted by Crippen LogP contribution is -2.36. The molecule has 32 heavy (non-hydrogen) atoms. The van der Waals surface area contributed by atoms with Crippen LogP contribution in [0.5, 0.6) is 0 Å². The SMILES string of the molecule is O=C(O)c1nn(C(=O)N2CC3CN(Cc4cc(Cl)cc(N5CCCC5)c4)CC3C2)cc1Cl. The Bertz CT molecular complexity index is 1040. The fraction of sp³-hybridized carbons (Fsp3) is 0.500. The summed E-state index contributed by atoms with van der Waals surface area (Å²) < 4.78 is 1.04. The van der Waals surface area contributed by atoms with E-state index in [0.717, 1.165) is 42.4 Å². The Morgan fingerprint density at radius 1 is 1.03 bits per heavy atom. The summed E-state index contributed by atoms with van der Waals surface area (Å²) in [6.45, 7) is 6.13. The van der Waals surface area contributed by atoms with Crippen LogP contribution in [0.15, 0.2) is 24.4 Å². The van der Waals surface area contributed by atoms with Crippen LogP contribution in [0.25, 0.3) is 0 Å². The second-order valence-electron chi connectivity index (χ2n) is 8.99. The minimum absolute atomic E-state index is 0.0359. The highest BCUT2D eigenvalue weighted by Crippen LogP contribution is 2.33. The van der Waals surface area contributed by atoms with E-state index in [-0.39, 0.29) is 16.7 Å².